The van der Waals surface area contributed by atoms with Crippen molar-refractivity contribution >= 4 is 51.9 Å². The van der Waals surface area contributed by atoms with E-state index in [0.717, 1.165) is 79.0 Å². The molecule has 480 valence electrons. The van der Waals surface area contributed by atoms with Crippen molar-refractivity contribution in [1.29, 1.82) is 0 Å². The maximum absolute atomic E-state index is 14.6. The van der Waals surface area contributed by atoms with Gasteiger partial charge in [-0.1, -0.05) is 173 Å². The minimum absolute atomic E-state index is 0.0527. The van der Waals surface area contributed by atoms with Crippen LogP contribution in [0.15, 0.2) is 151 Å². The first-order chi connectivity index (χ1) is 42.1. The Labute approximate surface area is 539 Å². The lowest BCUT2D eigenvalue weighted by Gasteiger charge is -2.37. The van der Waals surface area contributed by atoms with Crippen molar-refractivity contribution in [2.75, 3.05) is 46.6 Å². The Morgan fingerprint density at radius 1 is 0.511 bits per heavy atom. The van der Waals surface area contributed by atoms with E-state index in [2.05, 4.69) is 192 Å². The number of ketones is 3. The van der Waals surface area contributed by atoms with Gasteiger partial charge in [0.1, 0.15) is 12.4 Å². The van der Waals surface area contributed by atoms with E-state index >= 15 is 0 Å². The summed E-state index contributed by atoms with van der Waals surface area (Å²) in [6.07, 6.45) is 11.5. The van der Waals surface area contributed by atoms with Crippen LogP contribution in [0.5, 0.6) is 5.75 Å². The Morgan fingerprint density at radius 2 is 0.967 bits per heavy atom. The summed E-state index contributed by atoms with van der Waals surface area (Å²) in [5, 5.41) is 6.27. The van der Waals surface area contributed by atoms with Gasteiger partial charge in [0.25, 0.3) is 11.8 Å². The highest BCUT2D eigenvalue weighted by Crippen LogP contribution is 2.41. The molecule has 5 aromatic carbocycles. The molecule has 0 fully saturated rings. The highest BCUT2D eigenvalue weighted by atomic mass is 16.5. The van der Waals surface area contributed by atoms with Gasteiger partial charge in [-0.2, -0.15) is 0 Å². The van der Waals surface area contributed by atoms with Gasteiger partial charge in [0.2, 0.25) is 0 Å². The van der Waals surface area contributed by atoms with E-state index in [-0.39, 0.29) is 62.8 Å². The molecule has 1 unspecified atom stereocenters. The Morgan fingerprint density at radius 3 is 1.46 bits per heavy atom. The molecule has 90 heavy (non-hydrogen) atoms. The fourth-order valence-electron chi connectivity index (χ4n) is 12.6. The normalized spacial score (nSPS) is 17.0. The summed E-state index contributed by atoms with van der Waals surface area (Å²) in [5.41, 5.74) is 9.86. The first-order valence-electron chi connectivity index (χ1n) is 33.0. The highest BCUT2D eigenvalue weighted by molar-refractivity contribution is 6.16. The molecule has 0 radical (unpaired) electrons. The number of nitrogens with zero attached hydrogens (tertiary/aromatic N) is 3. The van der Waals surface area contributed by atoms with E-state index in [0.29, 0.717) is 77.5 Å². The van der Waals surface area contributed by atoms with Crippen molar-refractivity contribution in [3.63, 3.8) is 0 Å². The van der Waals surface area contributed by atoms with Gasteiger partial charge in [-0.3, -0.25) is 24.0 Å². The molecule has 3 aliphatic heterocycles. The first-order valence-corrected chi connectivity index (χ1v) is 33.0. The van der Waals surface area contributed by atoms with Crippen molar-refractivity contribution in [2.45, 2.75) is 192 Å². The number of unbranched alkanes of at least 4 members (excludes halogenated alkanes) is 2. The van der Waals surface area contributed by atoms with E-state index in [9.17, 15) is 24.0 Å². The number of hydrogen-bond acceptors (Lipinski definition) is 9. The molecule has 3 heterocycles. The van der Waals surface area contributed by atoms with Crippen LogP contribution >= 0.6 is 0 Å². The van der Waals surface area contributed by atoms with Crippen molar-refractivity contribution in [2.24, 2.45) is 28.1 Å². The zero-order chi connectivity index (χ0) is 65.7. The number of nitrogens with one attached hydrogen (secondary N) is 2. The SMILES string of the molecule is CC(C)CN1C=C(C(=O)CCCCCC(C(=O)c2ccc(OCc3cc(N4C=C(C(=O)Nc5ccc(NC(=O)C6=CN(c7ccc(C(C)(C)C)cc7)CCC6(C)C)cc5)C(C)(C)CC4)ccc3C(C)(C)C)cc2)C(=O)c2ccc(C(C)(C)C)cc2)C(C)(C)CC1. The van der Waals surface area contributed by atoms with Gasteiger partial charge in [0.15, 0.2) is 17.3 Å². The van der Waals surface area contributed by atoms with Gasteiger partial charge >= 0.3 is 0 Å². The second kappa shape index (κ2) is 27.5. The van der Waals surface area contributed by atoms with E-state index in [4.69, 9.17) is 4.74 Å². The highest BCUT2D eigenvalue weighted by Gasteiger charge is 2.37. The van der Waals surface area contributed by atoms with Gasteiger partial charge in [0.05, 0.1) is 5.92 Å². The maximum Gasteiger partial charge on any atom is 0.253 e. The summed E-state index contributed by atoms with van der Waals surface area (Å²) in [6, 6.07) is 37.1. The van der Waals surface area contributed by atoms with Crippen LogP contribution in [0.3, 0.4) is 0 Å². The van der Waals surface area contributed by atoms with Crippen molar-refractivity contribution < 1.29 is 28.7 Å². The number of Topliss-reactive ketones (excluding diaryl/α,β-unsaturated/α-hetero) is 3. The predicted molar refractivity (Wildman–Crippen MR) is 371 cm³/mol. The first kappa shape index (κ1) is 68.4. The second-order valence-electron chi connectivity index (χ2n) is 31.1. The molecule has 0 spiro atoms. The zero-order valence-corrected chi connectivity index (χ0v) is 57.3. The second-order valence-corrected chi connectivity index (χ2v) is 31.1. The molecule has 1 atom stereocenters. The molecule has 3 aliphatic rings. The number of hydrogen-bond donors (Lipinski definition) is 2. The monoisotopic (exact) mass is 1220 g/mol. The van der Waals surface area contributed by atoms with Crippen molar-refractivity contribution in [3.05, 3.63) is 184 Å². The Kier molecular flexibility index (Phi) is 20.9. The minimum Gasteiger partial charge on any atom is -0.489 e. The van der Waals surface area contributed by atoms with Gasteiger partial charge < -0.3 is 30.1 Å². The lowest BCUT2D eigenvalue weighted by atomic mass is 9.76. The molecule has 0 saturated carbocycles. The molecule has 0 saturated heterocycles. The number of benzene rings is 5. The minimum atomic E-state index is -0.878. The van der Waals surface area contributed by atoms with Crippen LogP contribution in [-0.2, 0) is 37.2 Å². The number of carbonyl (C=O) groups is 5. The number of carbonyl (C=O) groups excluding carboxylic acids is 5. The third-order valence-corrected chi connectivity index (χ3v) is 18.7. The van der Waals surface area contributed by atoms with Crippen molar-refractivity contribution in [3.8, 4) is 5.75 Å². The molecule has 0 aliphatic carbocycles. The lowest BCUT2D eigenvalue weighted by Crippen LogP contribution is -2.37. The molecule has 11 heteroatoms. The molecule has 2 N–H and O–H groups in total. The van der Waals surface area contributed by atoms with Gasteiger partial charge in [0, 0.05) is 102 Å². The van der Waals surface area contributed by atoms with Gasteiger partial charge in [-0.25, -0.2) is 0 Å². The van der Waals surface area contributed by atoms with Crippen molar-refractivity contribution in [1.82, 2.24) is 4.90 Å². The van der Waals surface area contributed by atoms with Crippen LogP contribution in [0.25, 0.3) is 0 Å². The van der Waals surface area contributed by atoms with Crippen LogP contribution < -0.4 is 25.2 Å². The Balaban J connectivity index is 0.921. The molecular formula is C79H103N5O6. The maximum atomic E-state index is 14.6. The third kappa shape index (κ3) is 17.1. The summed E-state index contributed by atoms with van der Waals surface area (Å²) >= 11 is 0. The topological polar surface area (TPSA) is 128 Å². The number of rotatable bonds is 22. The van der Waals surface area contributed by atoms with Crippen LogP contribution in [0.2, 0.25) is 0 Å². The molecule has 0 aromatic heterocycles. The van der Waals surface area contributed by atoms with E-state index in [1.807, 2.05) is 73.1 Å². The number of amides is 2. The van der Waals surface area contributed by atoms with Crippen LogP contribution in [-0.4, -0.2) is 60.2 Å². The van der Waals surface area contributed by atoms with Crippen LogP contribution in [0.4, 0.5) is 22.7 Å². The van der Waals surface area contributed by atoms with E-state index in [1.165, 1.54) is 5.56 Å². The van der Waals surface area contributed by atoms with E-state index < -0.39 is 11.3 Å². The summed E-state index contributed by atoms with van der Waals surface area (Å²) in [7, 11) is 0. The summed E-state index contributed by atoms with van der Waals surface area (Å²) < 4.78 is 6.53. The number of allylic oxidation sites excluding steroid dienone is 1. The number of anilines is 4. The van der Waals surface area contributed by atoms with Gasteiger partial charge in [-0.05, 0) is 166 Å². The Bertz CT molecular complexity index is 3490. The van der Waals surface area contributed by atoms with Crippen LogP contribution in [0.1, 0.15) is 212 Å². The predicted octanol–water partition coefficient (Wildman–Crippen LogP) is 18.1. The molecule has 0 bridgehead atoms. The summed E-state index contributed by atoms with van der Waals surface area (Å²) in [5.74, 6) is -0.348. The number of ether oxygens (including phenoxy) is 1. The lowest BCUT2D eigenvalue weighted by molar-refractivity contribution is -0.117. The van der Waals surface area contributed by atoms with E-state index in [1.54, 1.807) is 12.1 Å². The fourth-order valence-corrected chi connectivity index (χ4v) is 12.6. The zero-order valence-electron chi connectivity index (χ0n) is 57.3. The smallest absolute Gasteiger partial charge is 0.253 e. The Hall–Kier alpha value is -7.53. The third-order valence-electron chi connectivity index (χ3n) is 18.7. The molecule has 2 amide bonds. The van der Waals surface area contributed by atoms with Crippen LogP contribution in [0, 0.1) is 28.1 Å². The summed E-state index contributed by atoms with van der Waals surface area (Å²) in [4.78, 5) is 77.5. The summed E-state index contributed by atoms with van der Waals surface area (Å²) in [6.45, 7) is 40.4. The molecule has 8 rings (SSSR count). The molecule has 11 nitrogen and oxygen atoms in total. The van der Waals surface area contributed by atoms with Gasteiger partial charge in [-0.15, -0.1) is 0 Å². The quantitative estimate of drug-likeness (QED) is 0.0395. The average molecular weight is 1220 g/mol. The average Bonchev–Trinajstić information content (AvgIpc) is 1.34. The standard InChI is InChI=1S/C79H103N5O6/c1-53(2)48-82-44-41-77(12,13)66(49-82)69(85)22-20-18-19-21-64(70(86)54-23-27-57(28-24-54)74(3,4)5)71(87)55-25-38-63(39-26-55)90-52-56-47-62(37-40-65(56)76(9,10)11)84-46-43-79(16,17)68(51-84)73(89)81-60-33-31-59(32-34-60)80-72(88)67-50-83(45-42-78(67,14)15)61-35-29-58(30-36-61)75(6,7)8/h23-40,47,49-51,53,64H,18-22,41-46,48,52H2,1-17H3,(H,80,88)(H,81,89). The largest absolute Gasteiger partial charge is 0.489 e. The molecular weight excluding hydrogens is 1110 g/mol. The molecule has 5 aromatic rings. The fraction of sp³-hybridized carbons (Fsp3) is 0.481.